The van der Waals surface area contributed by atoms with E-state index < -0.39 is 9.84 Å². The predicted octanol–water partition coefficient (Wildman–Crippen LogP) is 2.24. The highest BCUT2D eigenvalue weighted by atomic mass is 32.2. The monoisotopic (exact) mass is 257 g/mol. The molecule has 0 bridgehead atoms. The second kappa shape index (κ2) is 4.56. The van der Waals surface area contributed by atoms with E-state index in [2.05, 4.69) is 0 Å². The SMILES string of the molecule is CCC(C)(C)Oc1ccc(S(C)(=O)=O)cc1N. The van der Waals surface area contributed by atoms with Gasteiger partial charge >= 0.3 is 0 Å². The van der Waals surface area contributed by atoms with Crippen LogP contribution in [0.2, 0.25) is 0 Å². The molecule has 0 radical (unpaired) electrons. The standard InChI is InChI=1S/C12H19NO3S/c1-5-12(2,3)16-11-7-6-9(8-10(11)13)17(4,14)15/h6-8H,5,13H2,1-4H3. The molecule has 1 aromatic carbocycles. The fourth-order valence-electron chi connectivity index (χ4n) is 1.22. The summed E-state index contributed by atoms with van der Waals surface area (Å²) >= 11 is 0. The summed E-state index contributed by atoms with van der Waals surface area (Å²) in [6.45, 7) is 5.93. The molecule has 96 valence electrons. The molecule has 0 saturated heterocycles. The van der Waals surface area contributed by atoms with Crippen molar-refractivity contribution in [3.05, 3.63) is 18.2 Å². The summed E-state index contributed by atoms with van der Waals surface area (Å²) in [5.41, 5.74) is 5.81. The normalized spacial score (nSPS) is 12.5. The molecule has 0 aliphatic heterocycles. The van der Waals surface area contributed by atoms with Gasteiger partial charge in [0.05, 0.1) is 10.6 Å². The Morgan fingerprint density at radius 2 is 1.94 bits per heavy atom. The van der Waals surface area contributed by atoms with E-state index in [-0.39, 0.29) is 10.5 Å². The van der Waals surface area contributed by atoms with Crippen molar-refractivity contribution in [2.24, 2.45) is 0 Å². The molecule has 2 N–H and O–H groups in total. The molecule has 0 heterocycles. The van der Waals surface area contributed by atoms with Crippen molar-refractivity contribution in [2.45, 2.75) is 37.7 Å². The number of benzene rings is 1. The molecule has 0 fully saturated rings. The Balaban J connectivity index is 3.07. The molecule has 4 nitrogen and oxygen atoms in total. The molecule has 0 unspecified atom stereocenters. The average Bonchev–Trinajstić information content (AvgIpc) is 2.19. The number of nitrogens with two attached hydrogens (primary N) is 1. The van der Waals surface area contributed by atoms with E-state index in [0.29, 0.717) is 11.4 Å². The molecule has 0 atom stereocenters. The number of hydrogen-bond acceptors (Lipinski definition) is 4. The van der Waals surface area contributed by atoms with E-state index in [4.69, 9.17) is 10.5 Å². The van der Waals surface area contributed by atoms with Gasteiger partial charge in [0, 0.05) is 6.26 Å². The molecule has 0 amide bonds. The topological polar surface area (TPSA) is 69.4 Å². The highest BCUT2D eigenvalue weighted by Gasteiger charge is 2.19. The van der Waals surface area contributed by atoms with Gasteiger partial charge in [-0.15, -0.1) is 0 Å². The highest BCUT2D eigenvalue weighted by Crippen LogP contribution is 2.29. The molecule has 0 aliphatic rings. The van der Waals surface area contributed by atoms with Crippen LogP contribution in [0.4, 0.5) is 5.69 Å². The first-order valence-electron chi connectivity index (χ1n) is 5.44. The molecule has 0 saturated carbocycles. The quantitative estimate of drug-likeness (QED) is 0.840. The maximum Gasteiger partial charge on any atom is 0.175 e. The fraction of sp³-hybridized carbons (Fsp3) is 0.500. The third kappa shape index (κ3) is 3.63. The lowest BCUT2D eigenvalue weighted by Crippen LogP contribution is -2.27. The van der Waals surface area contributed by atoms with Crippen molar-refractivity contribution >= 4 is 15.5 Å². The maximum atomic E-state index is 11.3. The van der Waals surface area contributed by atoms with Gasteiger partial charge in [0.1, 0.15) is 11.4 Å². The Hall–Kier alpha value is -1.23. The number of ether oxygens (including phenoxy) is 1. The number of anilines is 1. The van der Waals surface area contributed by atoms with Crippen LogP contribution in [0, 0.1) is 0 Å². The summed E-state index contributed by atoms with van der Waals surface area (Å²) in [5, 5.41) is 0. The zero-order valence-electron chi connectivity index (χ0n) is 10.6. The number of nitrogen functional groups attached to an aromatic ring is 1. The van der Waals surface area contributed by atoms with Gasteiger partial charge in [-0.1, -0.05) is 6.92 Å². The molecule has 1 aromatic rings. The first-order valence-corrected chi connectivity index (χ1v) is 7.33. The first kappa shape index (κ1) is 13.8. The van der Waals surface area contributed by atoms with Crippen LogP contribution < -0.4 is 10.5 Å². The number of hydrogen-bond donors (Lipinski definition) is 1. The lowest BCUT2D eigenvalue weighted by Gasteiger charge is -2.25. The van der Waals surface area contributed by atoms with Crippen molar-refractivity contribution < 1.29 is 13.2 Å². The third-order valence-corrected chi connectivity index (χ3v) is 3.76. The second-order valence-corrected chi connectivity index (χ2v) is 6.70. The molecule has 1 rings (SSSR count). The van der Waals surface area contributed by atoms with E-state index in [0.717, 1.165) is 12.7 Å². The van der Waals surface area contributed by atoms with Gasteiger partial charge < -0.3 is 10.5 Å². The summed E-state index contributed by atoms with van der Waals surface area (Å²) in [6.07, 6.45) is 1.98. The van der Waals surface area contributed by atoms with Gasteiger partial charge in [0.25, 0.3) is 0 Å². The van der Waals surface area contributed by atoms with Crippen molar-refractivity contribution in [1.82, 2.24) is 0 Å². The van der Waals surface area contributed by atoms with Crippen LogP contribution in [0.15, 0.2) is 23.1 Å². The Kier molecular flexibility index (Phi) is 3.71. The Bertz CT molecular complexity index is 506. The van der Waals surface area contributed by atoms with Gasteiger partial charge in [-0.3, -0.25) is 0 Å². The van der Waals surface area contributed by atoms with Gasteiger partial charge in [0.15, 0.2) is 9.84 Å². The van der Waals surface area contributed by atoms with Crippen LogP contribution in [0.3, 0.4) is 0 Å². The Labute approximate surface area is 103 Å². The van der Waals surface area contributed by atoms with Crippen LogP contribution in [0.25, 0.3) is 0 Å². The number of sulfone groups is 1. The van der Waals surface area contributed by atoms with Gasteiger partial charge in [0.2, 0.25) is 0 Å². The summed E-state index contributed by atoms with van der Waals surface area (Å²) in [7, 11) is -3.23. The van der Waals surface area contributed by atoms with E-state index in [1.165, 1.54) is 12.1 Å². The second-order valence-electron chi connectivity index (χ2n) is 4.69. The third-order valence-electron chi connectivity index (χ3n) is 2.65. The highest BCUT2D eigenvalue weighted by molar-refractivity contribution is 7.90. The van der Waals surface area contributed by atoms with Crippen LogP contribution in [0.5, 0.6) is 5.75 Å². The average molecular weight is 257 g/mol. The van der Waals surface area contributed by atoms with Crippen LogP contribution >= 0.6 is 0 Å². The molecule has 17 heavy (non-hydrogen) atoms. The van der Waals surface area contributed by atoms with Crippen molar-refractivity contribution in [3.63, 3.8) is 0 Å². The summed E-state index contributed by atoms with van der Waals surface area (Å²) in [6, 6.07) is 4.53. The lowest BCUT2D eigenvalue weighted by atomic mass is 10.1. The lowest BCUT2D eigenvalue weighted by molar-refractivity contribution is 0.106. The minimum Gasteiger partial charge on any atom is -0.486 e. The summed E-state index contributed by atoms with van der Waals surface area (Å²) < 4.78 is 28.4. The summed E-state index contributed by atoms with van der Waals surface area (Å²) in [5.74, 6) is 0.518. The van der Waals surface area contributed by atoms with E-state index >= 15 is 0 Å². The minimum atomic E-state index is -3.23. The molecule has 0 aromatic heterocycles. The fourth-order valence-corrected chi connectivity index (χ4v) is 1.88. The summed E-state index contributed by atoms with van der Waals surface area (Å²) in [4.78, 5) is 0.205. The van der Waals surface area contributed by atoms with Crippen LogP contribution in [-0.4, -0.2) is 20.3 Å². The smallest absolute Gasteiger partial charge is 0.175 e. The number of rotatable bonds is 4. The maximum absolute atomic E-state index is 11.3. The molecule has 0 spiro atoms. The Morgan fingerprint density at radius 3 is 2.35 bits per heavy atom. The van der Waals surface area contributed by atoms with Gasteiger partial charge in [-0.05, 0) is 38.5 Å². The largest absolute Gasteiger partial charge is 0.486 e. The molecular formula is C12H19NO3S. The zero-order chi connectivity index (χ0) is 13.3. The van der Waals surface area contributed by atoms with Crippen molar-refractivity contribution in [2.75, 3.05) is 12.0 Å². The van der Waals surface area contributed by atoms with Gasteiger partial charge in [-0.2, -0.15) is 0 Å². The van der Waals surface area contributed by atoms with Crippen molar-refractivity contribution in [3.8, 4) is 5.75 Å². The molecule has 5 heteroatoms. The minimum absolute atomic E-state index is 0.205. The first-order chi connectivity index (χ1) is 7.65. The van der Waals surface area contributed by atoms with E-state index in [1.54, 1.807) is 6.07 Å². The Morgan fingerprint density at radius 1 is 1.35 bits per heavy atom. The zero-order valence-corrected chi connectivity index (χ0v) is 11.5. The van der Waals surface area contributed by atoms with Gasteiger partial charge in [-0.25, -0.2) is 8.42 Å². The molecular weight excluding hydrogens is 238 g/mol. The van der Waals surface area contributed by atoms with E-state index in [9.17, 15) is 8.42 Å². The van der Waals surface area contributed by atoms with Crippen LogP contribution in [-0.2, 0) is 9.84 Å². The molecule has 0 aliphatic carbocycles. The predicted molar refractivity (Wildman–Crippen MR) is 69.0 cm³/mol. The van der Waals surface area contributed by atoms with Crippen LogP contribution in [0.1, 0.15) is 27.2 Å². The van der Waals surface area contributed by atoms with Crippen molar-refractivity contribution in [1.29, 1.82) is 0 Å². The van der Waals surface area contributed by atoms with E-state index in [1.807, 2.05) is 20.8 Å².